The van der Waals surface area contributed by atoms with Crippen LogP contribution in [-0.2, 0) is 4.79 Å². The van der Waals surface area contributed by atoms with Crippen molar-refractivity contribution in [3.63, 3.8) is 0 Å². The zero-order valence-corrected chi connectivity index (χ0v) is 6.42. The fourth-order valence-corrected chi connectivity index (χ4v) is 1.23. The molecule has 0 bridgehead atoms. The highest BCUT2D eigenvalue weighted by molar-refractivity contribution is 5.46. The first-order valence-electron chi connectivity index (χ1n) is 3.71. The molecule has 0 spiro atoms. The number of carbonyl (C=O) groups is 1. The largest absolute Gasteiger partial charge is 0.332 e. The Kier molecular flexibility index (Phi) is 2.68. The van der Waals surface area contributed by atoms with Gasteiger partial charge in [0.15, 0.2) is 0 Å². The predicted molar refractivity (Wildman–Crippen MR) is 39.5 cm³/mol. The van der Waals surface area contributed by atoms with Crippen LogP contribution in [0.2, 0.25) is 0 Å². The Hall–Kier alpha value is -0.570. The summed E-state index contributed by atoms with van der Waals surface area (Å²) in [7, 11) is 2.04. The summed E-state index contributed by atoms with van der Waals surface area (Å²) in [6.07, 6.45) is 3.28. The molecule has 0 unspecified atom stereocenters. The fraction of sp³-hybridized carbons (Fsp3) is 0.857. The lowest BCUT2D eigenvalue weighted by Crippen LogP contribution is -2.32. The molecule has 3 heteroatoms. The van der Waals surface area contributed by atoms with Crippen molar-refractivity contribution in [2.75, 3.05) is 26.8 Å². The van der Waals surface area contributed by atoms with Gasteiger partial charge in [-0.2, -0.15) is 0 Å². The topological polar surface area (TPSA) is 23.6 Å². The molecule has 1 aliphatic rings. The van der Waals surface area contributed by atoms with Gasteiger partial charge in [0.2, 0.25) is 6.41 Å². The van der Waals surface area contributed by atoms with Crippen LogP contribution in [0.25, 0.3) is 0 Å². The molecule has 10 heavy (non-hydrogen) atoms. The molecule has 0 N–H and O–H groups in total. The molecule has 0 saturated carbocycles. The molecule has 0 atom stereocenters. The summed E-state index contributed by atoms with van der Waals surface area (Å²) in [5, 5.41) is 0. The second-order valence-corrected chi connectivity index (χ2v) is 2.85. The van der Waals surface area contributed by atoms with Gasteiger partial charge >= 0.3 is 0 Å². The summed E-state index contributed by atoms with van der Waals surface area (Å²) in [6, 6.07) is 0. The minimum absolute atomic E-state index is 0.795. The van der Waals surface area contributed by atoms with E-state index in [9.17, 15) is 4.79 Å². The van der Waals surface area contributed by atoms with Gasteiger partial charge in [-0.1, -0.05) is 0 Å². The van der Waals surface area contributed by atoms with E-state index in [2.05, 4.69) is 4.90 Å². The van der Waals surface area contributed by atoms with Crippen LogP contribution in [0.15, 0.2) is 0 Å². The van der Waals surface area contributed by atoms with Crippen LogP contribution in [0.1, 0.15) is 12.8 Å². The highest BCUT2D eigenvalue weighted by Crippen LogP contribution is 2.01. The molecule has 1 amide bonds. The third-order valence-electron chi connectivity index (χ3n) is 1.81. The Bertz CT molecular complexity index is 116. The molecule has 1 fully saturated rings. The quantitative estimate of drug-likeness (QED) is 0.486. The van der Waals surface area contributed by atoms with Crippen molar-refractivity contribution in [3.8, 4) is 0 Å². The minimum Gasteiger partial charge on any atom is -0.332 e. The standard InChI is InChI=1S/C7H14N2O/c1-8-4-2-3-5-9(6-8)7-10/h7H,2-6H2,1H3. The maximum Gasteiger partial charge on any atom is 0.210 e. The van der Waals surface area contributed by atoms with Crippen molar-refractivity contribution in [1.82, 2.24) is 9.80 Å². The van der Waals surface area contributed by atoms with Crippen molar-refractivity contribution in [3.05, 3.63) is 0 Å². The lowest BCUT2D eigenvalue weighted by Gasteiger charge is -2.19. The van der Waals surface area contributed by atoms with Gasteiger partial charge in [-0.25, -0.2) is 0 Å². The smallest absolute Gasteiger partial charge is 0.210 e. The van der Waals surface area contributed by atoms with Crippen molar-refractivity contribution < 1.29 is 4.79 Å². The van der Waals surface area contributed by atoms with Crippen molar-refractivity contribution in [2.24, 2.45) is 0 Å². The van der Waals surface area contributed by atoms with Crippen LogP contribution in [0.3, 0.4) is 0 Å². The highest BCUT2D eigenvalue weighted by atomic mass is 16.1. The summed E-state index contributed by atoms with van der Waals surface area (Å²) in [5.41, 5.74) is 0. The van der Waals surface area contributed by atoms with Crippen LogP contribution in [0.4, 0.5) is 0 Å². The van der Waals surface area contributed by atoms with Crippen molar-refractivity contribution in [2.45, 2.75) is 12.8 Å². The Balaban J connectivity index is 2.37. The number of nitrogens with zero attached hydrogens (tertiary/aromatic N) is 2. The number of hydrogen-bond acceptors (Lipinski definition) is 2. The molecule has 1 rings (SSSR count). The summed E-state index contributed by atoms with van der Waals surface area (Å²) >= 11 is 0. The first-order chi connectivity index (χ1) is 4.83. The third kappa shape index (κ3) is 1.99. The molecule has 0 aliphatic carbocycles. The van der Waals surface area contributed by atoms with Gasteiger partial charge in [0.05, 0.1) is 6.67 Å². The van der Waals surface area contributed by atoms with Crippen molar-refractivity contribution in [1.29, 1.82) is 0 Å². The van der Waals surface area contributed by atoms with Gasteiger partial charge in [0.1, 0.15) is 0 Å². The van der Waals surface area contributed by atoms with Crippen LogP contribution in [0.5, 0.6) is 0 Å². The Morgan fingerprint density at radius 3 is 2.70 bits per heavy atom. The first kappa shape index (κ1) is 7.54. The van der Waals surface area contributed by atoms with Gasteiger partial charge < -0.3 is 4.90 Å². The summed E-state index contributed by atoms with van der Waals surface area (Å²) < 4.78 is 0. The third-order valence-corrected chi connectivity index (χ3v) is 1.81. The lowest BCUT2D eigenvalue weighted by molar-refractivity contribution is -0.119. The van der Waals surface area contributed by atoms with Crippen LogP contribution < -0.4 is 0 Å². The van der Waals surface area contributed by atoms with Gasteiger partial charge in [-0.3, -0.25) is 9.69 Å². The first-order valence-corrected chi connectivity index (χ1v) is 3.71. The Morgan fingerprint density at radius 1 is 1.30 bits per heavy atom. The van der Waals surface area contributed by atoms with Gasteiger partial charge in [0.25, 0.3) is 0 Å². The van der Waals surface area contributed by atoms with Gasteiger partial charge in [-0.15, -0.1) is 0 Å². The number of amides is 1. The molecule has 1 saturated heterocycles. The van der Waals surface area contributed by atoms with Gasteiger partial charge in [0, 0.05) is 6.54 Å². The average Bonchev–Trinajstić information content (AvgIpc) is 2.13. The molecule has 3 nitrogen and oxygen atoms in total. The molecule has 0 aromatic rings. The van der Waals surface area contributed by atoms with E-state index in [4.69, 9.17) is 0 Å². The second kappa shape index (κ2) is 3.56. The van der Waals surface area contributed by atoms with E-state index in [0.717, 1.165) is 32.6 Å². The average molecular weight is 142 g/mol. The van der Waals surface area contributed by atoms with E-state index in [1.54, 1.807) is 0 Å². The van der Waals surface area contributed by atoms with E-state index >= 15 is 0 Å². The maximum absolute atomic E-state index is 10.4. The molecule has 1 heterocycles. The SMILES string of the molecule is CN1CCCCN(C=O)C1. The second-order valence-electron chi connectivity index (χ2n) is 2.85. The normalized spacial score (nSPS) is 22.3. The summed E-state index contributed by atoms with van der Waals surface area (Å²) in [5.74, 6) is 0. The van der Waals surface area contributed by atoms with Crippen LogP contribution in [-0.4, -0.2) is 43.0 Å². The summed E-state index contributed by atoms with van der Waals surface area (Å²) in [6.45, 7) is 2.84. The number of carbonyl (C=O) groups excluding carboxylic acids is 1. The molecule has 0 aromatic heterocycles. The van der Waals surface area contributed by atoms with Crippen LogP contribution in [0, 0.1) is 0 Å². The molecule has 1 aliphatic heterocycles. The predicted octanol–water partition coefficient (Wildman–Crippen LogP) is 0.128. The van der Waals surface area contributed by atoms with E-state index in [-0.39, 0.29) is 0 Å². The van der Waals surface area contributed by atoms with E-state index < -0.39 is 0 Å². The molecule has 0 aromatic carbocycles. The Morgan fingerprint density at radius 2 is 2.00 bits per heavy atom. The minimum atomic E-state index is 0.795. The van der Waals surface area contributed by atoms with E-state index in [1.165, 1.54) is 6.42 Å². The highest BCUT2D eigenvalue weighted by Gasteiger charge is 2.09. The molecule has 58 valence electrons. The molecular weight excluding hydrogens is 128 g/mol. The van der Waals surface area contributed by atoms with Gasteiger partial charge in [-0.05, 0) is 26.4 Å². The van der Waals surface area contributed by atoms with E-state index in [0.29, 0.717) is 0 Å². The number of hydrogen-bond donors (Lipinski definition) is 0. The maximum atomic E-state index is 10.4. The zero-order valence-electron chi connectivity index (χ0n) is 6.42. The monoisotopic (exact) mass is 142 g/mol. The number of rotatable bonds is 1. The fourth-order valence-electron chi connectivity index (χ4n) is 1.23. The molecule has 0 radical (unpaired) electrons. The van der Waals surface area contributed by atoms with E-state index in [1.807, 2.05) is 11.9 Å². The Labute approximate surface area is 61.6 Å². The van der Waals surface area contributed by atoms with Crippen molar-refractivity contribution >= 4 is 6.41 Å². The van der Waals surface area contributed by atoms with Crippen LogP contribution >= 0.6 is 0 Å². The summed E-state index contributed by atoms with van der Waals surface area (Å²) in [4.78, 5) is 14.3. The zero-order chi connectivity index (χ0) is 7.40. The molecular formula is C7H14N2O. The lowest BCUT2D eigenvalue weighted by atomic mass is 10.3.